The minimum atomic E-state index is -0.945. The molecule has 1 aliphatic rings. The highest BCUT2D eigenvalue weighted by Crippen LogP contribution is 2.26. The molecule has 0 spiro atoms. The maximum atomic E-state index is 14.1. The van der Waals surface area contributed by atoms with Crippen molar-refractivity contribution >= 4 is 6.21 Å². The molecule has 0 unspecified atom stereocenters. The molecule has 0 atom stereocenters. The monoisotopic (exact) mass is 422 g/mol. The summed E-state index contributed by atoms with van der Waals surface area (Å²) in [6.45, 7) is 0.620. The van der Waals surface area contributed by atoms with Crippen LogP contribution in [0.5, 0.6) is 5.75 Å². The number of rotatable bonds is 5. The van der Waals surface area contributed by atoms with Crippen molar-refractivity contribution in [2.45, 2.75) is 13.1 Å². The van der Waals surface area contributed by atoms with E-state index in [1.54, 1.807) is 18.3 Å². The Labute approximate surface area is 175 Å². The first kappa shape index (κ1) is 18.9. The summed E-state index contributed by atoms with van der Waals surface area (Å²) in [6, 6.07) is 11.3. The Bertz CT molecular complexity index is 1270. The predicted octanol–water partition coefficient (Wildman–Crippen LogP) is 3.76. The van der Waals surface area contributed by atoms with E-state index >= 15 is 0 Å². The molecule has 31 heavy (non-hydrogen) atoms. The van der Waals surface area contributed by atoms with Gasteiger partial charge in [0.2, 0.25) is 11.8 Å². The van der Waals surface area contributed by atoms with Gasteiger partial charge in [0, 0.05) is 5.56 Å². The number of hydrogen-bond donors (Lipinski definition) is 1. The summed E-state index contributed by atoms with van der Waals surface area (Å²) in [7, 11) is 1.60. The molecule has 10 heteroatoms. The Morgan fingerprint density at radius 1 is 1.13 bits per heavy atom. The first-order valence-corrected chi connectivity index (χ1v) is 9.39. The van der Waals surface area contributed by atoms with Gasteiger partial charge >= 0.3 is 0 Å². The largest absolute Gasteiger partial charge is 0.497 e. The van der Waals surface area contributed by atoms with Gasteiger partial charge in [-0.25, -0.2) is 13.8 Å². The fourth-order valence-corrected chi connectivity index (χ4v) is 3.24. The van der Waals surface area contributed by atoms with Crippen LogP contribution in [0.25, 0.3) is 22.8 Å². The number of nitrogens with zero attached hydrogens (tertiary/aromatic N) is 5. The zero-order valence-corrected chi connectivity index (χ0v) is 16.3. The number of benzene rings is 2. The highest BCUT2D eigenvalue weighted by atomic mass is 19.2. The molecular weight excluding hydrogens is 406 g/mol. The number of fused-ring (bicyclic) bond motifs is 1. The Balaban J connectivity index is 1.31. The van der Waals surface area contributed by atoms with Gasteiger partial charge in [-0.1, -0.05) is 6.07 Å². The molecule has 2 aromatic carbocycles. The summed E-state index contributed by atoms with van der Waals surface area (Å²) in [5, 5.41) is 14.2. The van der Waals surface area contributed by atoms with Gasteiger partial charge in [-0.05, 0) is 36.4 Å². The number of hydrazone groups is 1. The Hall–Kier alpha value is -4.08. The maximum Gasteiger partial charge on any atom is 0.247 e. The van der Waals surface area contributed by atoms with E-state index in [4.69, 9.17) is 9.15 Å². The van der Waals surface area contributed by atoms with Crippen molar-refractivity contribution in [2.75, 3.05) is 7.11 Å². The molecule has 156 valence electrons. The molecule has 5 rings (SSSR count). The Morgan fingerprint density at radius 3 is 2.77 bits per heavy atom. The molecule has 2 aromatic heterocycles. The first-order chi connectivity index (χ1) is 15.1. The third kappa shape index (κ3) is 3.63. The van der Waals surface area contributed by atoms with Crippen LogP contribution >= 0.6 is 0 Å². The molecule has 0 saturated heterocycles. The topological polar surface area (TPSA) is 92.4 Å². The zero-order chi connectivity index (χ0) is 21.4. The molecule has 0 saturated carbocycles. The quantitative estimate of drug-likeness (QED) is 0.527. The van der Waals surface area contributed by atoms with E-state index < -0.39 is 11.6 Å². The smallest absolute Gasteiger partial charge is 0.247 e. The van der Waals surface area contributed by atoms with Gasteiger partial charge in [-0.15, -0.1) is 10.2 Å². The van der Waals surface area contributed by atoms with Crippen molar-refractivity contribution in [3.63, 3.8) is 0 Å². The normalized spacial score (nSPS) is 12.8. The van der Waals surface area contributed by atoms with Crippen LogP contribution in [-0.4, -0.2) is 38.5 Å². The standard InChI is InChI=1S/C21H16F2N6O2/c1-30-13-7-5-12(6-8-13)21-28-27-18(31-21)11-29-10-17-16(9-24-29)25-20(26-17)14-3-2-4-15(22)19(14)23/h2-9H,10-11H2,1H3,(H,25,26). The van der Waals surface area contributed by atoms with Crippen LogP contribution in [-0.2, 0) is 13.1 Å². The molecule has 0 aliphatic carbocycles. The third-order valence-corrected chi connectivity index (χ3v) is 4.82. The van der Waals surface area contributed by atoms with Crippen LogP contribution in [0, 0.1) is 11.6 Å². The number of ether oxygens (including phenoxy) is 1. The molecular formula is C21H16F2N6O2. The number of aromatic amines is 1. The number of aromatic nitrogens is 4. The number of H-pyrrole nitrogens is 1. The second-order valence-electron chi connectivity index (χ2n) is 6.84. The molecule has 4 aromatic rings. The number of methoxy groups -OCH3 is 1. The fraction of sp³-hybridized carbons (Fsp3) is 0.143. The number of halogens is 2. The Kier molecular flexibility index (Phi) is 4.66. The van der Waals surface area contributed by atoms with Crippen molar-refractivity contribution in [3.05, 3.63) is 71.4 Å². The van der Waals surface area contributed by atoms with Crippen LogP contribution in [0.3, 0.4) is 0 Å². The van der Waals surface area contributed by atoms with Crippen molar-refractivity contribution in [2.24, 2.45) is 5.10 Å². The minimum absolute atomic E-state index is 0.0652. The summed E-state index contributed by atoms with van der Waals surface area (Å²) in [5.74, 6) is -0.111. The van der Waals surface area contributed by atoms with Gasteiger partial charge in [0.25, 0.3) is 0 Å². The van der Waals surface area contributed by atoms with Crippen molar-refractivity contribution < 1.29 is 17.9 Å². The van der Waals surface area contributed by atoms with E-state index in [9.17, 15) is 8.78 Å². The van der Waals surface area contributed by atoms with E-state index in [-0.39, 0.29) is 17.9 Å². The van der Waals surface area contributed by atoms with Gasteiger partial charge in [0.05, 0.1) is 36.8 Å². The highest BCUT2D eigenvalue weighted by molar-refractivity contribution is 5.80. The molecule has 0 fully saturated rings. The fourth-order valence-electron chi connectivity index (χ4n) is 3.24. The van der Waals surface area contributed by atoms with E-state index in [1.807, 2.05) is 24.3 Å². The van der Waals surface area contributed by atoms with E-state index in [0.717, 1.165) is 17.4 Å². The van der Waals surface area contributed by atoms with Crippen LogP contribution in [0.4, 0.5) is 8.78 Å². The van der Waals surface area contributed by atoms with Gasteiger partial charge in [-0.2, -0.15) is 5.10 Å². The summed E-state index contributed by atoms with van der Waals surface area (Å²) < 4.78 is 38.5. The minimum Gasteiger partial charge on any atom is -0.497 e. The third-order valence-electron chi connectivity index (χ3n) is 4.82. The van der Waals surface area contributed by atoms with Gasteiger partial charge in [0.1, 0.15) is 18.1 Å². The van der Waals surface area contributed by atoms with E-state index in [0.29, 0.717) is 29.7 Å². The van der Waals surface area contributed by atoms with Gasteiger partial charge in [-0.3, -0.25) is 5.01 Å². The van der Waals surface area contributed by atoms with Gasteiger partial charge in [0.15, 0.2) is 11.6 Å². The second kappa shape index (κ2) is 7.63. The Morgan fingerprint density at radius 2 is 1.97 bits per heavy atom. The molecule has 1 aliphatic heterocycles. The lowest BCUT2D eigenvalue weighted by molar-refractivity contribution is 0.238. The van der Waals surface area contributed by atoms with Crippen LogP contribution in [0.2, 0.25) is 0 Å². The SMILES string of the molecule is COc1ccc(-c2nnc(CN3Cc4nc(-c5cccc(F)c5F)[nH]c4C=N3)o2)cc1. The number of imidazole rings is 1. The van der Waals surface area contributed by atoms with E-state index in [2.05, 4.69) is 25.3 Å². The summed E-state index contributed by atoms with van der Waals surface area (Å²) in [5.41, 5.74) is 2.14. The lowest BCUT2D eigenvalue weighted by Gasteiger charge is -2.19. The summed E-state index contributed by atoms with van der Waals surface area (Å²) >= 11 is 0. The van der Waals surface area contributed by atoms with Crippen molar-refractivity contribution in [1.82, 2.24) is 25.2 Å². The molecule has 3 heterocycles. The van der Waals surface area contributed by atoms with Crippen LogP contribution in [0.1, 0.15) is 17.3 Å². The average Bonchev–Trinajstić information content (AvgIpc) is 3.42. The van der Waals surface area contributed by atoms with Crippen molar-refractivity contribution in [3.8, 4) is 28.6 Å². The average molecular weight is 422 g/mol. The number of hydrogen-bond acceptors (Lipinski definition) is 7. The molecule has 8 nitrogen and oxygen atoms in total. The molecule has 0 amide bonds. The first-order valence-electron chi connectivity index (χ1n) is 9.39. The maximum absolute atomic E-state index is 14.1. The zero-order valence-electron chi connectivity index (χ0n) is 16.3. The van der Waals surface area contributed by atoms with Crippen molar-refractivity contribution in [1.29, 1.82) is 0 Å². The van der Waals surface area contributed by atoms with Gasteiger partial charge < -0.3 is 14.1 Å². The summed E-state index contributed by atoms with van der Waals surface area (Å²) in [4.78, 5) is 7.39. The second-order valence-corrected chi connectivity index (χ2v) is 6.84. The molecule has 0 radical (unpaired) electrons. The summed E-state index contributed by atoms with van der Waals surface area (Å²) in [6.07, 6.45) is 1.58. The molecule has 0 bridgehead atoms. The van der Waals surface area contributed by atoms with Crippen LogP contribution in [0.15, 0.2) is 52.0 Å². The lowest BCUT2D eigenvalue weighted by atomic mass is 10.2. The molecule has 1 N–H and O–H groups in total. The van der Waals surface area contributed by atoms with Crippen LogP contribution < -0.4 is 4.74 Å². The lowest BCUT2D eigenvalue weighted by Crippen LogP contribution is -2.21. The highest BCUT2D eigenvalue weighted by Gasteiger charge is 2.21. The number of nitrogens with one attached hydrogen (secondary N) is 1. The van der Waals surface area contributed by atoms with E-state index in [1.165, 1.54) is 12.1 Å². The predicted molar refractivity (Wildman–Crippen MR) is 107 cm³/mol.